The van der Waals surface area contributed by atoms with Crippen molar-refractivity contribution in [1.82, 2.24) is 4.90 Å². The third kappa shape index (κ3) is 3.72. The smallest absolute Gasteiger partial charge is 0.332 e. The lowest BCUT2D eigenvalue weighted by molar-refractivity contribution is -0.135. The minimum atomic E-state index is -0.262. The van der Waals surface area contributed by atoms with Gasteiger partial charge in [-0.05, 0) is 18.4 Å². The van der Waals surface area contributed by atoms with E-state index in [-0.39, 0.29) is 5.97 Å². The molecular weight excluding hydrogens is 353 g/mol. The number of halogens is 1. The number of benzene rings is 1. The van der Waals surface area contributed by atoms with Crippen molar-refractivity contribution in [3.05, 3.63) is 47.7 Å². The van der Waals surface area contributed by atoms with Crippen LogP contribution < -0.4 is 0 Å². The molecule has 0 aliphatic carbocycles. The minimum absolute atomic E-state index is 0.262. The fraction of sp³-hybridized carbons (Fsp3) is 0.400. The highest BCUT2D eigenvalue weighted by molar-refractivity contribution is 14.1. The van der Waals surface area contributed by atoms with Crippen LogP contribution in [0.3, 0.4) is 0 Å². The molecule has 0 bridgehead atoms. The molecule has 1 heterocycles. The molecule has 1 aliphatic heterocycles. The second-order valence-electron chi connectivity index (χ2n) is 4.62. The van der Waals surface area contributed by atoms with E-state index in [0.29, 0.717) is 6.04 Å². The molecule has 3 nitrogen and oxygen atoms in total. The maximum atomic E-state index is 11.4. The molecule has 1 unspecified atom stereocenters. The van der Waals surface area contributed by atoms with Crippen LogP contribution in [0, 0.1) is 0 Å². The van der Waals surface area contributed by atoms with Gasteiger partial charge >= 0.3 is 5.97 Å². The minimum Gasteiger partial charge on any atom is -0.466 e. The standard InChI is InChI=1S/C15H18INO2/c1-19-15(18)9-13-7-8-14(10-16)17(13)11-12-5-3-2-4-6-12/h2-6,9,14H,7-8,10-11H2,1H3/b13-9+. The maximum Gasteiger partial charge on any atom is 0.332 e. The predicted molar refractivity (Wildman–Crippen MR) is 84.0 cm³/mol. The quantitative estimate of drug-likeness (QED) is 0.353. The van der Waals surface area contributed by atoms with Gasteiger partial charge in [-0.1, -0.05) is 52.9 Å². The monoisotopic (exact) mass is 371 g/mol. The average molecular weight is 371 g/mol. The van der Waals surface area contributed by atoms with Gasteiger partial charge in [0, 0.05) is 28.8 Å². The van der Waals surface area contributed by atoms with E-state index in [2.05, 4.69) is 39.6 Å². The molecule has 2 rings (SSSR count). The predicted octanol–water partition coefficient (Wildman–Crippen LogP) is 3.14. The van der Waals surface area contributed by atoms with Crippen molar-refractivity contribution in [2.45, 2.75) is 25.4 Å². The van der Waals surface area contributed by atoms with Gasteiger partial charge in [0.1, 0.15) is 0 Å². The number of rotatable bonds is 4. The molecule has 4 heteroatoms. The highest BCUT2D eigenvalue weighted by Crippen LogP contribution is 2.30. The number of carbonyl (C=O) groups excluding carboxylic acids is 1. The Labute approximate surface area is 127 Å². The number of ether oxygens (including phenoxy) is 1. The molecule has 1 aromatic carbocycles. The first kappa shape index (κ1) is 14.4. The van der Waals surface area contributed by atoms with Gasteiger partial charge in [0.15, 0.2) is 0 Å². The van der Waals surface area contributed by atoms with Crippen LogP contribution in [0.25, 0.3) is 0 Å². The zero-order chi connectivity index (χ0) is 13.7. The SMILES string of the molecule is COC(=O)/C=C1\CCC(CI)N1Cc1ccccc1. The van der Waals surface area contributed by atoms with E-state index < -0.39 is 0 Å². The Hall–Kier alpha value is -1.04. The number of allylic oxidation sites excluding steroid dienone is 1. The van der Waals surface area contributed by atoms with Crippen LogP contribution in [-0.2, 0) is 16.1 Å². The van der Waals surface area contributed by atoms with Gasteiger partial charge in [-0.15, -0.1) is 0 Å². The number of alkyl halides is 1. The van der Waals surface area contributed by atoms with Crippen molar-refractivity contribution in [3.63, 3.8) is 0 Å². The van der Waals surface area contributed by atoms with E-state index in [1.807, 2.05) is 18.2 Å². The fourth-order valence-corrected chi connectivity index (χ4v) is 3.29. The molecule has 0 amide bonds. The molecule has 0 saturated carbocycles. The normalized spacial score (nSPS) is 20.8. The molecule has 0 aromatic heterocycles. The number of hydrogen-bond acceptors (Lipinski definition) is 3. The first-order chi connectivity index (χ1) is 9.24. The van der Waals surface area contributed by atoms with Gasteiger partial charge < -0.3 is 9.64 Å². The summed E-state index contributed by atoms with van der Waals surface area (Å²) in [5.41, 5.74) is 2.37. The van der Waals surface area contributed by atoms with Crippen molar-refractivity contribution >= 4 is 28.6 Å². The molecule has 1 aromatic rings. The third-order valence-corrected chi connectivity index (χ3v) is 4.42. The largest absolute Gasteiger partial charge is 0.466 e. The van der Waals surface area contributed by atoms with E-state index >= 15 is 0 Å². The number of carbonyl (C=O) groups is 1. The topological polar surface area (TPSA) is 29.5 Å². The van der Waals surface area contributed by atoms with E-state index in [1.54, 1.807) is 6.08 Å². The van der Waals surface area contributed by atoms with Crippen molar-refractivity contribution in [2.24, 2.45) is 0 Å². The van der Waals surface area contributed by atoms with E-state index in [1.165, 1.54) is 12.7 Å². The van der Waals surface area contributed by atoms with E-state index in [9.17, 15) is 4.79 Å². The summed E-state index contributed by atoms with van der Waals surface area (Å²) >= 11 is 2.42. The van der Waals surface area contributed by atoms with Crippen LogP contribution in [0.5, 0.6) is 0 Å². The van der Waals surface area contributed by atoms with Gasteiger partial charge in [0.2, 0.25) is 0 Å². The maximum absolute atomic E-state index is 11.4. The fourth-order valence-electron chi connectivity index (χ4n) is 2.37. The third-order valence-electron chi connectivity index (χ3n) is 3.40. The molecule has 1 saturated heterocycles. The molecule has 1 aliphatic rings. The van der Waals surface area contributed by atoms with Crippen molar-refractivity contribution in [1.29, 1.82) is 0 Å². The molecule has 1 atom stereocenters. The second-order valence-corrected chi connectivity index (χ2v) is 5.50. The van der Waals surface area contributed by atoms with Gasteiger partial charge in [-0.2, -0.15) is 0 Å². The van der Waals surface area contributed by atoms with Gasteiger partial charge in [0.25, 0.3) is 0 Å². The molecule has 19 heavy (non-hydrogen) atoms. The molecular formula is C15H18INO2. The lowest BCUT2D eigenvalue weighted by Gasteiger charge is -2.26. The van der Waals surface area contributed by atoms with Crippen LogP contribution in [0.1, 0.15) is 18.4 Å². The Morgan fingerprint density at radius 3 is 2.84 bits per heavy atom. The van der Waals surface area contributed by atoms with Crippen LogP contribution in [-0.4, -0.2) is 28.4 Å². The van der Waals surface area contributed by atoms with Gasteiger partial charge in [0.05, 0.1) is 7.11 Å². The van der Waals surface area contributed by atoms with E-state index in [0.717, 1.165) is 29.5 Å². The van der Waals surface area contributed by atoms with Crippen LogP contribution >= 0.6 is 22.6 Å². The van der Waals surface area contributed by atoms with Gasteiger partial charge in [-0.25, -0.2) is 4.79 Å². The Morgan fingerprint density at radius 2 is 2.21 bits per heavy atom. The molecule has 0 radical (unpaired) electrons. The lowest BCUT2D eigenvalue weighted by atomic mass is 10.2. The van der Waals surface area contributed by atoms with Gasteiger partial charge in [-0.3, -0.25) is 0 Å². The zero-order valence-corrected chi connectivity index (χ0v) is 13.2. The highest BCUT2D eigenvalue weighted by atomic mass is 127. The summed E-state index contributed by atoms with van der Waals surface area (Å²) in [7, 11) is 1.42. The summed E-state index contributed by atoms with van der Waals surface area (Å²) in [5, 5.41) is 0. The lowest BCUT2D eigenvalue weighted by Crippen LogP contribution is -2.29. The van der Waals surface area contributed by atoms with Crippen LogP contribution in [0.2, 0.25) is 0 Å². The second kappa shape index (κ2) is 6.93. The number of esters is 1. The molecule has 102 valence electrons. The Morgan fingerprint density at radius 1 is 1.47 bits per heavy atom. The zero-order valence-electron chi connectivity index (χ0n) is 11.0. The Balaban J connectivity index is 2.16. The molecule has 1 fully saturated rings. The average Bonchev–Trinajstić information content (AvgIpc) is 2.82. The first-order valence-corrected chi connectivity index (χ1v) is 7.92. The number of hydrogen-bond donors (Lipinski definition) is 0. The van der Waals surface area contributed by atoms with Crippen molar-refractivity contribution < 1.29 is 9.53 Å². The summed E-state index contributed by atoms with van der Waals surface area (Å²) < 4.78 is 5.81. The number of nitrogens with zero attached hydrogens (tertiary/aromatic N) is 1. The molecule has 0 N–H and O–H groups in total. The highest BCUT2D eigenvalue weighted by Gasteiger charge is 2.27. The summed E-state index contributed by atoms with van der Waals surface area (Å²) in [5.74, 6) is -0.262. The summed E-state index contributed by atoms with van der Waals surface area (Å²) in [4.78, 5) is 13.8. The van der Waals surface area contributed by atoms with Crippen LogP contribution in [0.4, 0.5) is 0 Å². The first-order valence-electron chi connectivity index (χ1n) is 6.39. The number of likely N-dealkylation sites (tertiary alicyclic amines) is 1. The Bertz CT molecular complexity index is 458. The molecule has 0 spiro atoms. The van der Waals surface area contributed by atoms with Crippen molar-refractivity contribution in [2.75, 3.05) is 11.5 Å². The summed E-state index contributed by atoms with van der Waals surface area (Å²) in [6, 6.07) is 10.9. The summed E-state index contributed by atoms with van der Waals surface area (Å²) in [6.07, 6.45) is 3.70. The van der Waals surface area contributed by atoms with E-state index in [4.69, 9.17) is 4.74 Å². The summed E-state index contributed by atoms with van der Waals surface area (Å²) in [6.45, 7) is 0.858. The number of methoxy groups -OCH3 is 1. The van der Waals surface area contributed by atoms with Crippen molar-refractivity contribution in [3.8, 4) is 0 Å². The van der Waals surface area contributed by atoms with Crippen LogP contribution in [0.15, 0.2) is 42.1 Å². The Kier molecular flexibility index (Phi) is 5.24.